The van der Waals surface area contributed by atoms with E-state index in [4.69, 9.17) is 14.2 Å². The first-order valence-corrected chi connectivity index (χ1v) is 6.47. The summed E-state index contributed by atoms with van der Waals surface area (Å²) in [6, 6.07) is 3.92. The molecule has 1 aromatic rings. The number of benzene rings is 1. The van der Waals surface area contributed by atoms with Crippen LogP contribution in [0.3, 0.4) is 0 Å². The van der Waals surface area contributed by atoms with Gasteiger partial charge in [0.05, 0.1) is 21.3 Å². The van der Waals surface area contributed by atoms with Crippen LogP contribution in [0.15, 0.2) is 12.1 Å². The van der Waals surface area contributed by atoms with E-state index in [2.05, 4.69) is 6.92 Å². The van der Waals surface area contributed by atoms with Gasteiger partial charge in [0, 0.05) is 6.61 Å². The second-order valence-corrected chi connectivity index (χ2v) is 4.87. The van der Waals surface area contributed by atoms with Gasteiger partial charge in [0.1, 0.15) is 0 Å². The number of aliphatic hydroxyl groups excluding tert-OH is 1. The first-order chi connectivity index (χ1) is 9.07. The first-order valence-electron chi connectivity index (χ1n) is 6.47. The zero-order chi connectivity index (χ0) is 14.4. The van der Waals surface area contributed by atoms with E-state index in [0.29, 0.717) is 23.2 Å². The Labute approximate surface area is 115 Å². The lowest BCUT2D eigenvalue weighted by Crippen LogP contribution is -2.14. The molecular weight excluding hydrogens is 244 g/mol. The number of rotatable bonds is 7. The summed E-state index contributed by atoms with van der Waals surface area (Å²) in [5.41, 5.74) is 1.11. The monoisotopic (exact) mass is 268 g/mol. The summed E-state index contributed by atoms with van der Waals surface area (Å²) in [5, 5.41) is 9.20. The smallest absolute Gasteiger partial charge is 0.203 e. The Morgan fingerprint density at radius 2 is 1.47 bits per heavy atom. The lowest BCUT2D eigenvalue weighted by Gasteiger charge is -2.19. The van der Waals surface area contributed by atoms with Crippen molar-refractivity contribution < 1.29 is 19.3 Å². The Morgan fingerprint density at radius 1 is 0.947 bits per heavy atom. The molecule has 19 heavy (non-hydrogen) atoms. The second-order valence-electron chi connectivity index (χ2n) is 4.87. The third-order valence-corrected chi connectivity index (χ3v) is 3.54. The maximum Gasteiger partial charge on any atom is 0.203 e. The molecule has 0 aromatic heterocycles. The highest BCUT2D eigenvalue weighted by atomic mass is 16.5. The van der Waals surface area contributed by atoms with Crippen LogP contribution in [0.5, 0.6) is 17.2 Å². The molecule has 1 aromatic carbocycles. The van der Waals surface area contributed by atoms with Gasteiger partial charge in [-0.2, -0.15) is 0 Å². The van der Waals surface area contributed by atoms with Crippen LogP contribution in [0.1, 0.15) is 19.4 Å². The van der Waals surface area contributed by atoms with Crippen LogP contribution in [0, 0.1) is 11.8 Å². The number of hydrogen-bond donors (Lipinski definition) is 1. The van der Waals surface area contributed by atoms with E-state index in [1.807, 2.05) is 19.1 Å². The Balaban J connectivity index is 3.02. The van der Waals surface area contributed by atoms with E-state index in [1.165, 1.54) is 0 Å². The van der Waals surface area contributed by atoms with Gasteiger partial charge in [-0.3, -0.25) is 0 Å². The summed E-state index contributed by atoms with van der Waals surface area (Å²) in [4.78, 5) is 0. The van der Waals surface area contributed by atoms with Crippen LogP contribution >= 0.6 is 0 Å². The highest BCUT2D eigenvalue weighted by molar-refractivity contribution is 5.53. The number of ether oxygens (including phenoxy) is 3. The Bertz CT molecular complexity index is 378. The molecule has 0 bridgehead atoms. The molecule has 0 aliphatic carbocycles. The van der Waals surface area contributed by atoms with Gasteiger partial charge < -0.3 is 19.3 Å². The number of methoxy groups -OCH3 is 3. The van der Waals surface area contributed by atoms with Crippen LogP contribution in [0.4, 0.5) is 0 Å². The summed E-state index contributed by atoms with van der Waals surface area (Å²) in [6.07, 6.45) is 0.860. The summed E-state index contributed by atoms with van der Waals surface area (Å²) < 4.78 is 16.0. The summed E-state index contributed by atoms with van der Waals surface area (Å²) in [6.45, 7) is 4.37. The third kappa shape index (κ3) is 3.77. The largest absolute Gasteiger partial charge is 0.493 e. The molecular formula is C15H24O4. The molecule has 0 heterocycles. The Morgan fingerprint density at radius 3 is 1.84 bits per heavy atom. The van der Waals surface area contributed by atoms with Crippen LogP contribution in [0.2, 0.25) is 0 Å². The maximum atomic E-state index is 9.20. The minimum atomic E-state index is 0.200. The molecule has 2 atom stereocenters. The standard InChI is InChI=1S/C15H24O4/c1-10(11(2)9-16)6-12-7-13(17-3)15(19-5)14(8-12)18-4/h7-8,10-11,16H,6,9H2,1-5H3/t10-,11+/m0/s1. The van der Waals surface area contributed by atoms with Crippen LogP contribution in [-0.4, -0.2) is 33.0 Å². The van der Waals surface area contributed by atoms with Gasteiger partial charge in [-0.05, 0) is 36.0 Å². The molecule has 0 aliphatic heterocycles. The normalized spacial score (nSPS) is 13.8. The second kappa shape index (κ2) is 7.24. The Kier molecular flexibility index (Phi) is 5.96. The molecule has 1 rings (SSSR count). The molecule has 1 N–H and O–H groups in total. The molecule has 0 saturated heterocycles. The van der Waals surface area contributed by atoms with Gasteiger partial charge in [-0.25, -0.2) is 0 Å². The van der Waals surface area contributed by atoms with Gasteiger partial charge in [-0.1, -0.05) is 13.8 Å². The van der Waals surface area contributed by atoms with Crippen molar-refractivity contribution in [3.05, 3.63) is 17.7 Å². The fourth-order valence-corrected chi connectivity index (χ4v) is 2.01. The van der Waals surface area contributed by atoms with E-state index in [9.17, 15) is 5.11 Å². The topological polar surface area (TPSA) is 47.9 Å². The zero-order valence-corrected chi connectivity index (χ0v) is 12.4. The quantitative estimate of drug-likeness (QED) is 0.825. The van der Waals surface area contributed by atoms with E-state index in [0.717, 1.165) is 12.0 Å². The van der Waals surface area contributed by atoms with Crippen molar-refractivity contribution in [1.29, 1.82) is 0 Å². The number of aliphatic hydroxyl groups is 1. The van der Waals surface area contributed by atoms with Crippen LogP contribution in [-0.2, 0) is 6.42 Å². The predicted molar refractivity (Wildman–Crippen MR) is 75.2 cm³/mol. The van der Waals surface area contributed by atoms with Crippen molar-refractivity contribution in [2.75, 3.05) is 27.9 Å². The van der Waals surface area contributed by atoms with Crippen molar-refractivity contribution in [2.45, 2.75) is 20.3 Å². The van der Waals surface area contributed by atoms with Gasteiger partial charge in [0.2, 0.25) is 5.75 Å². The molecule has 0 spiro atoms. The van der Waals surface area contributed by atoms with Crippen molar-refractivity contribution in [3.8, 4) is 17.2 Å². The van der Waals surface area contributed by atoms with Crippen molar-refractivity contribution in [1.82, 2.24) is 0 Å². The van der Waals surface area contributed by atoms with Crippen LogP contribution in [0.25, 0.3) is 0 Å². The lowest BCUT2D eigenvalue weighted by molar-refractivity contribution is 0.195. The molecule has 0 fully saturated rings. The van der Waals surface area contributed by atoms with E-state index >= 15 is 0 Å². The highest BCUT2D eigenvalue weighted by Gasteiger charge is 2.17. The fourth-order valence-electron chi connectivity index (χ4n) is 2.01. The molecule has 108 valence electrons. The zero-order valence-electron chi connectivity index (χ0n) is 12.4. The van der Waals surface area contributed by atoms with E-state index in [1.54, 1.807) is 21.3 Å². The molecule has 4 nitrogen and oxygen atoms in total. The van der Waals surface area contributed by atoms with E-state index < -0.39 is 0 Å². The predicted octanol–water partition coefficient (Wildman–Crippen LogP) is 2.52. The minimum absolute atomic E-state index is 0.200. The van der Waals surface area contributed by atoms with Crippen molar-refractivity contribution in [2.24, 2.45) is 11.8 Å². The summed E-state index contributed by atoms with van der Waals surface area (Å²) >= 11 is 0. The van der Waals surface area contributed by atoms with Crippen molar-refractivity contribution >= 4 is 0 Å². The average Bonchev–Trinajstić information content (AvgIpc) is 2.44. The minimum Gasteiger partial charge on any atom is -0.493 e. The third-order valence-electron chi connectivity index (χ3n) is 3.54. The fraction of sp³-hybridized carbons (Fsp3) is 0.600. The SMILES string of the molecule is COc1cc(C[C@H](C)[C@H](C)CO)cc(OC)c1OC. The summed E-state index contributed by atoms with van der Waals surface area (Å²) in [5.74, 6) is 2.59. The summed E-state index contributed by atoms with van der Waals surface area (Å²) in [7, 11) is 4.82. The van der Waals surface area contributed by atoms with Crippen LogP contribution < -0.4 is 14.2 Å². The van der Waals surface area contributed by atoms with Gasteiger partial charge in [0.15, 0.2) is 11.5 Å². The molecule has 0 unspecified atom stereocenters. The highest BCUT2D eigenvalue weighted by Crippen LogP contribution is 2.38. The molecule has 0 saturated carbocycles. The Hall–Kier alpha value is -1.42. The van der Waals surface area contributed by atoms with E-state index in [-0.39, 0.29) is 12.5 Å². The van der Waals surface area contributed by atoms with Gasteiger partial charge >= 0.3 is 0 Å². The lowest BCUT2D eigenvalue weighted by atomic mass is 9.90. The molecule has 0 radical (unpaired) electrons. The first kappa shape index (κ1) is 15.6. The van der Waals surface area contributed by atoms with Gasteiger partial charge in [0.25, 0.3) is 0 Å². The van der Waals surface area contributed by atoms with Crippen molar-refractivity contribution in [3.63, 3.8) is 0 Å². The number of hydrogen-bond acceptors (Lipinski definition) is 4. The maximum absolute atomic E-state index is 9.20. The molecule has 0 amide bonds. The molecule has 4 heteroatoms. The molecule has 0 aliphatic rings. The average molecular weight is 268 g/mol. The van der Waals surface area contributed by atoms with Gasteiger partial charge in [-0.15, -0.1) is 0 Å².